The Bertz CT molecular complexity index is 744. The maximum Gasteiger partial charge on any atom is 0.407 e. The Morgan fingerprint density at radius 1 is 0.970 bits per heavy atom. The van der Waals surface area contributed by atoms with Gasteiger partial charge in [0.25, 0.3) is 0 Å². The van der Waals surface area contributed by atoms with Crippen LogP contribution in [0.3, 0.4) is 0 Å². The van der Waals surface area contributed by atoms with Gasteiger partial charge in [-0.25, -0.2) is 9.18 Å². The summed E-state index contributed by atoms with van der Waals surface area (Å²) in [7, 11) is 0. The minimum atomic E-state index is -0.572. The van der Waals surface area contributed by atoms with Crippen molar-refractivity contribution in [1.29, 1.82) is 0 Å². The molecule has 0 aliphatic heterocycles. The molecule has 0 radical (unpaired) electrons. The molecule has 0 saturated carbocycles. The van der Waals surface area contributed by atoms with E-state index in [4.69, 9.17) is 4.74 Å². The highest BCUT2D eigenvalue weighted by molar-refractivity contribution is 5.88. The number of ether oxygens (including phenoxy) is 1. The van der Waals surface area contributed by atoms with Gasteiger partial charge in [0.2, 0.25) is 5.91 Å². The van der Waals surface area contributed by atoms with Crippen LogP contribution in [0.4, 0.5) is 9.18 Å². The number of nitrogens with one attached hydrogen (secondary N) is 2. The average Bonchev–Trinajstić information content (AvgIpc) is 2.74. The number of amides is 2. The second kappa shape index (κ2) is 14.7. The van der Waals surface area contributed by atoms with Crippen molar-refractivity contribution < 1.29 is 23.5 Å². The fourth-order valence-electron chi connectivity index (χ4n) is 3.51. The topological polar surface area (TPSA) is 84.5 Å². The second-order valence-electron chi connectivity index (χ2n) is 9.52. The van der Waals surface area contributed by atoms with Crippen LogP contribution in [0.25, 0.3) is 0 Å². The Morgan fingerprint density at radius 2 is 1.61 bits per heavy atom. The van der Waals surface area contributed by atoms with E-state index in [9.17, 15) is 18.8 Å². The number of ketones is 1. The summed E-state index contributed by atoms with van der Waals surface area (Å²) in [5.41, 5.74) is 0.333. The van der Waals surface area contributed by atoms with Gasteiger partial charge in [-0.2, -0.15) is 0 Å². The third-order valence-electron chi connectivity index (χ3n) is 5.39. The lowest BCUT2D eigenvalue weighted by atomic mass is 9.86. The highest BCUT2D eigenvalue weighted by atomic mass is 19.1. The normalized spacial score (nSPS) is 13.2. The van der Waals surface area contributed by atoms with Crippen molar-refractivity contribution in [3.63, 3.8) is 0 Å². The summed E-state index contributed by atoms with van der Waals surface area (Å²) in [5, 5.41) is 5.64. The summed E-state index contributed by atoms with van der Waals surface area (Å²) in [6.07, 6.45) is 3.76. The highest BCUT2D eigenvalue weighted by Crippen LogP contribution is 2.21. The Hall–Kier alpha value is -2.44. The van der Waals surface area contributed by atoms with Gasteiger partial charge in [0.05, 0.1) is 0 Å². The Labute approximate surface area is 198 Å². The lowest BCUT2D eigenvalue weighted by Gasteiger charge is -2.21. The number of hydrogen-bond donors (Lipinski definition) is 2. The number of alkyl carbamates (subject to hydrolysis) is 1. The van der Waals surface area contributed by atoms with Crippen LogP contribution in [0.5, 0.6) is 0 Å². The molecule has 0 saturated heterocycles. The fraction of sp³-hybridized carbons (Fsp3) is 0.654. The summed E-state index contributed by atoms with van der Waals surface area (Å²) in [5.74, 6) is -1.05. The molecule has 7 heteroatoms. The molecular formula is C26H41FN2O4. The van der Waals surface area contributed by atoms with Crippen molar-refractivity contribution in [2.24, 2.45) is 11.8 Å². The second-order valence-corrected chi connectivity index (χ2v) is 9.52. The zero-order valence-corrected chi connectivity index (χ0v) is 20.8. The molecule has 2 atom stereocenters. The van der Waals surface area contributed by atoms with E-state index in [-0.39, 0.29) is 29.8 Å². The van der Waals surface area contributed by atoms with Gasteiger partial charge in [-0.15, -0.1) is 0 Å². The summed E-state index contributed by atoms with van der Waals surface area (Å²) in [6, 6.07) is 6.19. The first-order valence-electron chi connectivity index (χ1n) is 12.1. The first kappa shape index (κ1) is 28.6. The van der Waals surface area contributed by atoms with Gasteiger partial charge in [-0.3, -0.25) is 9.59 Å². The van der Waals surface area contributed by atoms with Gasteiger partial charge in [-0.1, -0.05) is 32.4 Å². The van der Waals surface area contributed by atoms with Crippen LogP contribution in [0.1, 0.15) is 78.7 Å². The molecule has 0 bridgehead atoms. The molecule has 0 unspecified atom stereocenters. The first-order valence-corrected chi connectivity index (χ1v) is 12.1. The monoisotopic (exact) mass is 464 g/mol. The van der Waals surface area contributed by atoms with E-state index in [0.717, 1.165) is 18.4 Å². The van der Waals surface area contributed by atoms with E-state index >= 15 is 0 Å². The van der Waals surface area contributed by atoms with Gasteiger partial charge >= 0.3 is 6.09 Å². The number of rotatable bonds is 14. The molecule has 0 aliphatic carbocycles. The third kappa shape index (κ3) is 12.4. The zero-order valence-electron chi connectivity index (χ0n) is 20.8. The molecule has 1 aromatic carbocycles. The summed E-state index contributed by atoms with van der Waals surface area (Å²) in [4.78, 5) is 37.6. The molecular weight excluding hydrogens is 423 g/mol. The summed E-state index contributed by atoms with van der Waals surface area (Å²) in [6.45, 7) is 10.3. The lowest BCUT2D eigenvalue weighted by molar-refractivity contribution is -0.131. The Morgan fingerprint density at radius 3 is 2.18 bits per heavy atom. The van der Waals surface area contributed by atoms with Crippen molar-refractivity contribution in [2.45, 2.75) is 85.2 Å². The zero-order chi connectivity index (χ0) is 24.9. The molecule has 0 aromatic heterocycles. The van der Waals surface area contributed by atoms with Gasteiger partial charge in [-0.05, 0) is 70.6 Å². The number of hydrogen-bond acceptors (Lipinski definition) is 4. The van der Waals surface area contributed by atoms with Crippen LogP contribution in [0.2, 0.25) is 0 Å². The van der Waals surface area contributed by atoms with Gasteiger partial charge in [0.1, 0.15) is 17.2 Å². The van der Waals surface area contributed by atoms with Crippen molar-refractivity contribution in [1.82, 2.24) is 10.6 Å². The van der Waals surface area contributed by atoms with Crippen LogP contribution in [-0.4, -0.2) is 36.5 Å². The van der Waals surface area contributed by atoms with E-state index in [1.54, 1.807) is 32.9 Å². The molecule has 2 N–H and O–H groups in total. The van der Waals surface area contributed by atoms with E-state index < -0.39 is 17.6 Å². The minimum absolute atomic E-state index is 0.0394. The van der Waals surface area contributed by atoms with E-state index in [1.807, 2.05) is 6.92 Å². The SMILES string of the molecule is CCCCNC(=O)[C@H](CCCNC(=O)OC(C)(C)C)CC(=O)[C@@H](CC)Cc1ccc(F)cc1. The van der Waals surface area contributed by atoms with Gasteiger partial charge in [0.15, 0.2) is 0 Å². The van der Waals surface area contributed by atoms with E-state index in [1.165, 1.54) is 12.1 Å². The fourth-order valence-corrected chi connectivity index (χ4v) is 3.51. The maximum absolute atomic E-state index is 13.2. The standard InChI is InChI=1S/C26H41FN2O4/c1-6-8-15-28-24(31)21(10-9-16-29-25(32)33-26(3,4)5)18-23(30)20(7-2)17-19-11-13-22(27)14-12-19/h11-14,20-21H,6-10,15-18H2,1-5H3,(H,28,31)(H,29,32)/t20-,21+/m0/s1. The third-order valence-corrected chi connectivity index (χ3v) is 5.39. The van der Waals surface area contributed by atoms with E-state index in [2.05, 4.69) is 17.6 Å². The molecule has 2 amide bonds. The van der Waals surface area contributed by atoms with Crippen LogP contribution in [0.15, 0.2) is 24.3 Å². The van der Waals surface area contributed by atoms with Gasteiger partial charge in [0, 0.05) is 31.3 Å². The molecule has 1 aromatic rings. The minimum Gasteiger partial charge on any atom is -0.444 e. The Kier molecular flexibility index (Phi) is 12.7. The average molecular weight is 465 g/mol. The van der Waals surface area contributed by atoms with Crippen molar-refractivity contribution in [2.75, 3.05) is 13.1 Å². The van der Waals surface area contributed by atoms with Crippen molar-refractivity contribution in [3.05, 3.63) is 35.6 Å². The molecule has 33 heavy (non-hydrogen) atoms. The largest absolute Gasteiger partial charge is 0.444 e. The van der Waals surface area contributed by atoms with Crippen LogP contribution in [0, 0.1) is 17.7 Å². The predicted octanol–water partition coefficient (Wildman–Crippen LogP) is 5.19. The smallest absolute Gasteiger partial charge is 0.407 e. The van der Waals surface area contributed by atoms with E-state index in [0.29, 0.717) is 38.8 Å². The molecule has 6 nitrogen and oxygen atoms in total. The number of halogens is 1. The molecule has 186 valence electrons. The molecule has 1 rings (SSSR count). The molecule has 0 aliphatic rings. The van der Waals surface area contributed by atoms with Crippen LogP contribution < -0.4 is 10.6 Å². The Balaban J connectivity index is 2.69. The summed E-state index contributed by atoms with van der Waals surface area (Å²) < 4.78 is 18.4. The maximum atomic E-state index is 13.2. The first-order chi connectivity index (χ1) is 15.6. The highest BCUT2D eigenvalue weighted by Gasteiger charge is 2.26. The number of Topliss-reactive ketones (excluding diaryl/α,β-unsaturated/α-hetero) is 1. The number of unbranched alkanes of at least 4 members (excludes halogenated alkanes) is 1. The van der Waals surface area contributed by atoms with Crippen LogP contribution in [-0.2, 0) is 20.7 Å². The number of benzene rings is 1. The van der Waals surface area contributed by atoms with Crippen molar-refractivity contribution in [3.8, 4) is 0 Å². The molecule has 0 fully saturated rings. The quantitative estimate of drug-likeness (QED) is 0.371. The summed E-state index contributed by atoms with van der Waals surface area (Å²) >= 11 is 0. The van der Waals surface area contributed by atoms with Crippen LogP contribution >= 0.6 is 0 Å². The number of carbonyl (C=O) groups excluding carboxylic acids is 3. The number of carbonyl (C=O) groups is 3. The molecule has 0 spiro atoms. The molecule has 0 heterocycles. The van der Waals surface area contributed by atoms with Crippen molar-refractivity contribution >= 4 is 17.8 Å². The van der Waals surface area contributed by atoms with Gasteiger partial charge < -0.3 is 15.4 Å². The lowest BCUT2D eigenvalue weighted by Crippen LogP contribution is -2.35. The predicted molar refractivity (Wildman–Crippen MR) is 128 cm³/mol.